The van der Waals surface area contributed by atoms with Crippen molar-refractivity contribution in [3.05, 3.63) is 93.3 Å². The average Bonchev–Trinajstić information content (AvgIpc) is 2.93. The fourth-order valence-corrected chi connectivity index (χ4v) is 5.72. The Balaban J connectivity index is 2.05. The van der Waals surface area contributed by atoms with Crippen molar-refractivity contribution in [2.75, 3.05) is 19.6 Å². The predicted octanol–water partition coefficient (Wildman–Crippen LogP) is 4.36. The van der Waals surface area contributed by atoms with Crippen LogP contribution in [0.2, 0.25) is 5.02 Å². The number of halogens is 2. The van der Waals surface area contributed by atoms with Gasteiger partial charge in [-0.15, -0.1) is 0 Å². The number of aryl methyl sites for hydroxylation is 1. The summed E-state index contributed by atoms with van der Waals surface area (Å²) in [5.41, 5.74) is 12.6. The van der Waals surface area contributed by atoms with Crippen molar-refractivity contribution in [1.29, 1.82) is 0 Å². The zero-order valence-electron chi connectivity index (χ0n) is 24.2. The van der Waals surface area contributed by atoms with E-state index < -0.39 is 29.2 Å². The number of benzene rings is 2. The molecule has 1 aliphatic rings. The molecule has 0 fully saturated rings. The Labute approximate surface area is 251 Å². The number of carbonyl (C=O) groups excluding carboxylic acids is 2. The van der Waals surface area contributed by atoms with E-state index in [4.69, 9.17) is 23.1 Å². The van der Waals surface area contributed by atoms with Crippen molar-refractivity contribution in [1.82, 2.24) is 10.2 Å². The maximum Gasteiger partial charge on any atom is 0.316 e. The molecule has 0 aliphatic heterocycles. The van der Waals surface area contributed by atoms with Crippen LogP contribution in [0.3, 0.4) is 0 Å². The number of hydrogen-bond acceptors (Lipinski definition) is 5. The molecule has 0 saturated carbocycles. The highest BCUT2D eigenvalue weighted by atomic mass is 35.5. The molecular formula is C32H40ClFN4O4. The Morgan fingerprint density at radius 1 is 1.05 bits per heavy atom. The van der Waals surface area contributed by atoms with Gasteiger partial charge in [-0.05, 0) is 67.0 Å². The summed E-state index contributed by atoms with van der Waals surface area (Å²) in [4.78, 5) is 41.6. The molecule has 0 radical (unpaired) electrons. The molecule has 3 rings (SSSR count). The van der Waals surface area contributed by atoms with Crippen LogP contribution in [-0.2, 0) is 27.3 Å². The van der Waals surface area contributed by atoms with Gasteiger partial charge in [0.15, 0.2) is 0 Å². The van der Waals surface area contributed by atoms with Gasteiger partial charge in [0.1, 0.15) is 11.2 Å². The smallest absolute Gasteiger partial charge is 0.316 e. The molecule has 2 atom stereocenters. The highest BCUT2D eigenvalue weighted by Crippen LogP contribution is 2.40. The molecule has 42 heavy (non-hydrogen) atoms. The van der Waals surface area contributed by atoms with Crippen LogP contribution in [0.4, 0.5) is 4.39 Å². The Hall–Kier alpha value is -3.53. The first kappa shape index (κ1) is 33.0. The zero-order chi connectivity index (χ0) is 30.9. The molecule has 10 heteroatoms. The zero-order valence-corrected chi connectivity index (χ0v) is 24.9. The summed E-state index contributed by atoms with van der Waals surface area (Å²) in [7, 11) is 0. The lowest BCUT2D eigenvalue weighted by Gasteiger charge is -2.39. The summed E-state index contributed by atoms with van der Waals surface area (Å²) in [5, 5.41) is 14.0. The second-order valence-corrected chi connectivity index (χ2v) is 11.1. The highest BCUT2D eigenvalue weighted by Gasteiger charge is 2.50. The molecular weight excluding hydrogens is 559 g/mol. The summed E-state index contributed by atoms with van der Waals surface area (Å²) >= 11 is 6.01. The third kappa shape index (κ3) is 7.85. The van der Waals surface area contributed by atoms with E-state index in [-0.39, 0.29) is 35.0 Å². The van der Waals surface area contributed by atoms with Crippen molar-refractivity contribution in [2.45, 2.75) is 58.5 Å². The Morgan fingerprint density at radius 3 is 2.29 bits per heavy atom. The molecule has 6 N–H and O–H groups in total. The van der Waals surface area contributed by atoms with E-state index in [1.807, 2.05) is 44.2 Å². The van der Waals surface area contributed by atoms with Crippen molar-refractivity contribution < 1.29 is 23.9 Å². The second kappa shape index (κ2) is 15.1. The molecule has 0 saturated heterocycles. The minimum Gasteiger partial charge on any atom is -0.481 e. The molecule has 8 nitrogen and oxygen atoms in total. The number of amides is 2. The van der Waals surface area contributed by atoms with Crippen LogP contribution >= 0.6 is 11.6 Å². The van der Waals surface area contributed by atoms with E-state index in [0.717, 1.165) is 5.56 Å². The monoisotopic (exact) mass is 598 g/mol. The van der Waals surface area contributed by atoms with Gasteiger partial charge in [0.05, 0.1) is 6.04 Å². The molecule has 0 aromatic heterocycles. The van der Waals surface area contributed by atoms with Gasteiger partial charge in [0.25, 0.3) is 5.91 Å². The van der Waals surface area contributed by atoms with Gasteiger partial charge in [-0.1, -0.05) is 61.9 Å². The molecule has 0 heterocycles. The number of carbonyl (C=O) groups is 3. The first-order chi connectivity index (χ1) is 20.0. The lowest BCUT2D eigenvalue weighted by molar-refractivity contribution is -0.146. The summed E-state index contributed by atoms with van der Waals surface area (Å²) < 4.78 is 13.9. The number of nitrogens with zero attached hydrogens (tertiary/aromatic N) is 1. The van der Waals surface area contributed by atoms with Crippen LogP contribution in [0, 0.1) is 11.2 Å². The van der Waals surface area contributed by atoms with Gasteiger partial charge < -0.3 is 26.8 Å². The van der Waals surface area contributed by atoms with Crippen molar-refractivity contribution in [2.24, 2.45) is 16.9 Å². The molecule has 0 spiro atoms. The number of aliphatic carboxylic acids is 1. The average molecular weight is 599 g/mol. The molecule has 2 aromatic rings. The van der Waals surface area contributed by atoms with Crippen LogP contribution in [0.25, 0.3) is 0 Å². The summed E-state index contributed by atoms with van der Waals surface area (Å²) in [6, 6.07) is 12.4. The van der Waals surface area contributed by atoms with Gasteiger partial charge in [0, 0.05) is 42.3 Å². The van der Waals surface area contributed by atoms with Crippen molar-refractivity contribution in [3.63, 3.8) is 0 Å². The SMILES string of the molecule is CCCN(CCC)C(=O)C1=C[C@](CNCc2ccccc2)(C(=O)O)[C@@H](N)C(C(N)=O)=C1CCCc1cc(F)cc(Cl)c1. The van der Waals surface area contributed by atoms with Crippen LogP contribution in [-0.4, -0.2) is 53.5 Å². The van der Waals surface area contributed by atoms with E-state index in [2.05, 4.69) is 5.32 Å². The first-order valence-electron chi connectivity index (χ1n) is 14.3. The van der Waals surface area contributed by atoms with Crippen LogP contribution in [0.15, 0.2) is 71.3 Å². The summed E-state index contributed by atoms with van der Waals surface area (Å²) in [6.45, 7) is 5.04. The molecule has 0 bridgehead atoms. The van der Waals surface area contributed by atoms with E-state index in [1.54, 1.807) is 11.0 Å². The highest BCUT2D eigenvalue weighted by molar-refractivity contribution is 6.30. The maximum absolute atomic E-state index is 14.0. The molecule has 2 amide bonds. The first-order valence-corrected chi connectivity index (χ1v) is 14.7. The fourth-order valence-electron chi connectivity index (χ4n) is 5.48. The van der Waals surface area contributed by atoms with Crippen molar-refractivity contribution >= 4 is 29.4 Å². The number of nitrogens with one attached hydrogen (secondary N) is 1. The molecule has 2 aromatic carbocycles. The molecule has 1 aliphatic carbocycles. The molecule has 0 unspecified atom stereocenters. The summed E-state index contributed by atoms with van der Waals surface area (Å²) in [6.07, 6.45) is 3.83. The number of primary amides is 1. The summed E-state index contributed by atoms with van der Waals surface area (Å²) in [5.74, 6) is -2.99. The van der Waals surface area contributed by atoms with E-state index in [0.29, 0.717) is 56.5 Å². The van der Waals surface area contributed by atoms with Gasteiger partial charge >= 0.3 is 5.97 Å². The third-order valence-electron chi connectivity index (χ3n) is 7.49. The Morgan fingerprint density at radius 2 is 1.71 bits per heavy atom. The maximum atomic E-state index is 14.0. The van der Waals surface area contributed by atoms with Gasteiger partial charge in [-0.3, -0.25) is 14.4 Å². The number of nitrogens with two attached hydrogens (primary N) is 2. The standard InChI is InChI=1S/C32H40ClFN4O4/c1-3-13-38(14-4-2)30(40)26-18-32(31(41)42,20-37-19-21-9-6-5-7-10-21)28(35)27(29(36)39)25(26)12-8-11-22-15-23(33)17-24(34)16-22/h5-7,9-10,15-18,28,37H,3-4,8,11-14,19-20,35H2,1-2H3,(H2,36,39)(H,41,42)/t28-,32+/m0/s1. The van der Waals surface area contributed by atoms with Crippen LogP contribution in [0.1, 0.15) is 50.7 Å². The van der Waals surface area contributed by atoms with Gasteiger partial charge in [-0.2, -0.15) is 0 Å². The second-order valence-electron chi connectivity index (χ2n) is 10.7. The van der Waals surface area contributed by atoms with E-state index in [1.165, 1.54) is 18.2 Å². The van der Waals surface area contributed by atoms with Crippen LogP contribution < -0.4 is 16.8 Å². The van der Waals surface area contributed by atoms with Crippen molar-refractivity contribution in [3.8, 4) is 0 Å². The van der Waals surface area contributed by atoms with E-state index >= 15 is 0 Å². The number of carboxylic acid groups (broad SMARTS) is 1. The number of rotatable bonds is 15. The topological polar surface area (TPSA) is 139 Å². The largest absolute Gasteiger partial charge is 0.481 e. The van der Waals surface area contributed by atoms with Gasteiger partial charge in [-0.25, -0.2) is 4.39 Å². The number of hydrogen-bond donors (Lipinski definition) is 4. The minimum atomic E-state index is -1.81. The third-order valence-corrected chi connectivity index (χ3v) is 7.71. The number of carboxylic acids is 1. The normalized spacial score (nSPS) is 18.5. The fraction of sp³-hybridized carbons (Fsp3) is 0.406. The molecule has 226 valence electrons. The lowest BCUT2D eigenvalue weighted by Crippen LogP contribution is -2.57. The Kier molecular flexibility index (Phi) is 11.8. The Bertz CT molecular complexity index is 1320. The van der Waals surface area contributed by atoms with Gasteiger partial charge in [0.2, 0.25) is 5.91 Å². The lowest BCUT2D eigenvalue weighted by atomic mass is 9.68. The van der Waals surface area contributed by atoms with E-state index in [9.17, 15) is 23.9 Å². The predicted molar refractivity (Wildman–Crippen MR) is 162 cm³/mol. The quantitative estimate of drug-likeness (QED) is 0.240. The van der Waals surface area contributed by atoms with Crippen LogP contribution in [0.5, 0.6) is 0 Å². The minimum absolute atomic E-state index is 0.0741.